The van der Waals surface area contributed by atoms with Crippen LogP contribution in [0.2, 0.25) is 0 Å². The Kier molecular flexibility index (Phi) is 10.7. The molecule has 0 bridgehead atoms. The number of nitrogens with zero attached hydrogens (tertiary/aromatic N) is 2. The van der Waals surface area contributed by atoms with Gasteiger partial charge in [-0.1, -0.05) is 46.3 Å². The van der Waals surface area contributed by atoms with Gasteiger partial charge in [0.25, 0.3) is 17.5 Å². The van der Waals surface area contributed by atoms with E-state index in [2.05, 4.69) is 36.9 Å². The second-order valence-corrected chi connectivity index (χ2v) is 12.4. The van der Waals surface area contributed by atoms with Crippen molar-refractivity contribution in [3.8, 4) is 11.3 Å². The number of thiazole rings is 1. The highest BCUT2D eigenvalue weighted by Crippen LogP contribution is 2.27. The second-order valence-electron chi connectivity index (χ2n) is 9.59. The maximum absolute atomic E-state index is 13.3. The van der Waals surface area contributed by atoms with Crippen LogP contribution in [0.1, 0.15) is 15.9 Å². The fraction of sp³-hybridized carbons (Fsp3) is 0.0303. The van der Waals surface area contributed by atoms with E-state index in [0.717, 1.165) is 20.6 Å². The number of nitro benzene ring substituents is 1. The number of hydrogen-bond donors (Lipinski definition) is 3. The number of carbonyl (C=O) groups is 3. The lowest BCUT2D eigenvalue weighted by Crippen LogP contribution is -2.30. The Morgan fingerprint density at radius 1 is 0.891 bits per heavy atom. The Balaban J connectivity index is 1.20. The van der Waals surface area contributed by atoms with Crippen LogP contribution in [0.4, 0.5) is 16.5 Å². The summed E-state index contributed by atoms with van der Waals surface area (Å²) in [6.45, 7) is 0. The molecule has 10 nitrogen and oxygen atoms in total. The summed E-state index contributed by atoms with van der Waals surface area (Å²) in [5, 5.41) is 21.6. The zero-order valence-corrected chi connectivity index (χ0v) is 27.0. The van der Waals surface area contributed by atoms with Crippen LogP contribution < -0.4 is 16.0 Å². The van der Waals surface area contributed by atoms with Gasteiger partial charge in [0.1, 0.15) is 5.70 Å². The van der Waals surface area contributed by atoms with Crippen molar-refractivity contribution >= 4 is 79.3 Å². The minimum Gasteiger partial charge on any atom is -0.321 e. The van der Waals surface area contributed by atoms with Gasteiger partial charge in [0.2, 0.25) is 5.91 Å². The Morgan fingerprint density at radius 3 is 2.26 bits per heavy atom. The summed E-state index contributed by atoms with van der Waals surface area (Å²) in [7, 11) is 0. The summed E-state index contributed by atoms with van der Waals surface area (Å²) in [5.74, 6) is -1.12. The van der Waals surface area contributed by atoms with Crippen molar-refractivity contribution in [2.24, 2.45) is 0 Å². The summed E-state index contributed by atoms with van der Waals surface area (Å²) in [4.78, 5) is 54.5. The van der Waals surface area contributed by atoms with Crippen LogP contribution in [0.5, 0.6) is 0 Å². The van der Waals surface area contributed by atoms with Crippen LogP contribution >= 0.6 is 39.0 Å². The molecule has 5 rings (SSSR count). The molecule has 0 aliphatic carbocycles. The molecule has 0 saturated carbocycles. The molecule has 5 aromatic rings. The number of thioether (sulfide) groups is 1. The van der Waals surface area contributed by atoms with E-state index >= 15 is 0 Å². The van der Waals surface area contributed by atoms with Crippen LogP contribution in [0, 0.1) is 10.1 Å². The smallest absolute Gasteiger partial charge is 0.272 e. The molecule has 0 aliphatic rings. The summed E-state index contributed by atoms with van der Waals surface area (Å²) >= 11 is 6.09. The fourth-order valence-electron chi connectivity index (χ4n) is 4.02. The van der Waals surface area contributed by atoms with E-state index in [-0.39, 0.29) is 23.0 Å². The number of rotatable bonds is 11. The number of nitro groups is 1. The largest absolute Gasteiger partial charge is 0.321 e. The number of carbonyl (C=O) groups excluding carboxylic acids is 3. The first-order valence-corrected chi connectivity index (χ1v) is 16.3. The highest BCUT2D eigenvalue weighted by atomic mass is 79.9. The molecule has 0 radical (unpaired) electrons. The number of non-ortho nitro benzene ring substituents is 1. The van der Waals surface area contributed by atoms with Crippen molar-refractivity contribution in [1.82, 2.24) is 10.3 Å². The molecule has 0 spiro atoms. The van der Waals surface area contributed by atoms with Crippen molar-refractivity contribution in [3.05, 3.63) is 140 Å². The first-order valence-electron chi connectivity index (χ1n) is 13.6. The van der Waals surface area contributed by atoms with Crippen molar-refractivity contribution in [2.75, 3.05) is 16.4 Å². The quantitative estimate of drug-likeness (QED) is 0.0553. The van der Waals surface area contributed by atoms with Crippen LogP contribution in [0.25, 0.3) is 17.3 Å². The van der Waals surface area contributed by atoms with Crippen molar-refractivity contribution < 1.29 is 19.3 Å². The van der Waals surface area contributed by atoms with Crippen LogP contribution in [-0.2, 0) is 9.59 Å². The third-order valence-electron chi connectivity index (χ3n) is 6.32. The second kappa shape index (κ2) is 15.3. The van der Waals surface area contributed by atoms with E-state index < -0.39 is 16.7 Å². The van der Waals surface area contributed by atoms with E-state index in [0.29, 0.717) is 21.9 Å². The third-order valence-corrected chi connectivity index (χ3v) is 8.61. The Bertz CT molecular complexity index is 1900. The van der Waals surface area contributed by atoms with Gasteiger partial charge in [-0.3, -0.25) is 24.5 Å². The van der Waals surface area contributed by atoms with Gasteiger partial charge in [-0.2, -0.15) is 0 Å². The number of aromatic nitrogens is 1. The molecular formula is C33H24BrN5O5S2. The monoisotopic (exact) mass is 713 g/mol. The first-order chi connectivity index (χ1) is 22.2. The predicted octanol–water partition coefficient (Wildman–Crippen LogP) is 7.62. The lowest BCUT2D eigenvalue weighted by molar-refractivity contribution is -0.384. The van der Waals surface area contributed by atoms with Gasteiger partial charge in [0.05, 0.1) is 16.4 Å². The Hall–Kier alpha value is -5.11. The van der Waals surface area contributed by atoms with E-state index in [1.165, 1.54) is 53.4 Å². The van der Waals surface area contributed by atoms with E-state index in [1.807, 2.05) is 29.6 Å². The molecule has 0 aliphatic heterocycles. The van der Waals surface area contributed by atoms with Gasteiger partial charge in [0, 0.05) is 43.7 Å². The topological polar surface area (TPSA) is 143 Å². The molecule has 0 atom stereocenters. The molecule has 13 heteroatoms. The Morgan fingerprint density at radius 2 is 1.59 bits per heavy atom. The highest BCUT2D eigenvalue weighted by Gasteiger charge is 2.16. The standard InChI is InChI=1S/C33H24BrN5O5S2/c34-24-10-8-22(9-11-24)29-19-46-33(37-29)38-30(40)20-45-27-16-12-25(13-17-27)35-32(42)28(36-31(41)23-4-2-1-3-5-23)18-21-6-14-26(15-7-21)39(43)44/h1-19H,20H2,(H,35,42)(H,36,41)(H,37,38,40)/b28-18-. The normalized spacial score (nSPS) is 11.0. The van der Waals surface area contributed by atoms with Gasteiger partial charge < -0.3 is 16.0 Å². The van der Waals surface area contributed by atoms with E-state index in [4.69, 9.17) is 0 Å². The molecule has 1 heterocycles. The van der Waals surface area contributed by atoms with Gasteiger partial charge >= 0.3 is 0 Å². The number of halogens is 1. The highest BCUT2D eigenvalue weighted by molar-refractivity contribution is 9.10. The maximum Gasteiger partial charge on any atom is 0.272 e. The zero-order valence-electron chi connectivity index (χ0n) is 23.8. The van der Waals surface area contributed by atoms with Gasteiger partial charge in [-0.05, 0) is 72.3 Å². The average Bonchev–Trinajstić information content (AvgIpc) is 3.53. The zero-order chi connectivity index (χ0) is 32.5. The molecule has 46 heavy (non-hydrogen) atoms. The van der Waals surface area contributed by atoms with Gasteiger partial charge in [-0.15, -0.1) is 23.1 Å². The van der Waals surface area contributed by atoms with E-state index in [1.54, 1.807) is 54.6 Å². The summed E-state index contributed by atoms with van der Waals surface area (Å²) in [6.07, 6.45) is 1.44. The number of nitrogens with one attached hydrogen (secondary N) is 3. The minimum absolute atomic E-state index is 0.0525. The summed E-state index contributed by atoms with van der Waals surface area (Å²) in [5.41, 5.74) is 2.89. The average molecular weight is 715 g/mol. The molecule has 0 fully saturated rings. The lowest BCUT2D eigenvalue weighted by atomic mass is 10.1. The predicted molar refractivity (Wildman–Crippen MR) is 185 cm³/mol. The van der Waals surface area contributed by atoms with Crippen molar-refractivity contribution in [1.29, 1.82) is 0 Å². The number of anilines is 2. The molecular weight excluding hydrogens is 690 g/mol. The molecule has 3 N–H and O–H groups in total. The van der Waals surface area contributed by atoms with Crippen molar-refractivity contribution in [3.63, 3.8) is 0 Å². The molecule has 1 aromatic heterocycles. The third kappa shape index (κ3) is 8.97. The van der Waals surface area contributed by atoms with Crippen LogP contribution in [-0.4, -0.2) is 33.4 Å². The maximum atomic E-state index is 13.3. The first kappa shape index (κ1) is 32.3. The van der Waals surface area contributed by atoms with Gasteiger partial charge in [-0.25, -0.2) is 4.98 Å². The molecule has 0 saturated heterocycles. The number of amides is 3. The Labute approximate surface area is 280 Å². The van der Waals surface area contributed by atoms with Crippen molar-refractivity contribution in [2.45, 2.75) is 4.90 Å². The van der Waals surface area contributed by atoms with Crippen LogP contribution in [0.3, 0.4) is 0 Å². The molecule has 3 amide bonds. The fourth-order valence-corrected chi connectivity index (χ4v) is 5.72. The number of benzene rings is 4. The summed E-state index contributed by atoms with van der Waals surface area (Å²) < 4.78 is 0.973. The van der Waals surface area contributed by atoms with Crippen LogP contribution in [0.15, 0.2) is 124 Å². The molecule has 230 valence electrons. The lowest BCUT2D eigenvalue weighted by Gasteiger charge is -2.12. The minimum atomic E-state index is -0.589. The number of hydrogen-bond acceptors (Lipinski definition) is 8. The molecule has 4 aromatic carbocycles. The summed E-state index contributed by atoms with van der Waals surface area (Å²) in [6, 6.07) is 28.7. The SMILES string of the molecule is O=C(CSc1ccc(NC(=O)/C(=C/c2ccc([N+](=O)[O-])cc2)NC(=O)c2ccccc2)cc1)Nc1nc(-c2ccc(Br)cc2)cs1. The van der Waals surface area contributed by atoms with E-state index in [9.17, 15) is 24.5 Å². The molecule has 0 unspecified atom stereocenters. The van der Waals surface area contributed by atoms with Gasteiger partial charge in [0.15, 0.2) is 5.13 Å².